The van der Waals surface area contributed by atoms with Gasteiger partial charge in [-0.05, 0) is 86.7 Å². The highest BCUT2D eigenvalue weighted by Gasteiger charge is 2.11. The van der Waals surface area contributed by atoms with Crippen molar-refractivity contribution >= 4 is 22.7 Å². The van der Waals surface area contributed by atoms with Gasteiger partial charge in [-0.15, -0.1) is 11.3 Å². The van der Waals surface area contributed by atoms with Crippen LogP contribution >= 0.6 is 11.3 Å². The van der Waals surface area contributed by atoms with Gasteiger partial charge in [0, 0.05) is 16.7 Å². The second-order valence-corrected chi connectivity index (χ2v) is 9.16. The number of hydrogen-bond acceptors (Lipinski definition) is 4. The predicted octanol–water partition coefficient (Wildman–Crippen LogP) is 7.52. The minimum absolute atomic E-state index is 0.119. The fourth-order valence-electron chi connectivity index (χ4n) is 3.58. The smallest absolute Gasteiger partial charge is 0.387 e. The van der Waals surface area contributed by atoms with Gasteiger partial charge in [-0.1, -0.05) is 36.4 Å². The third kappa shape index (κ3) is 6.51. The zero-order valence-electron chi connectivity index (χ0n) is 19.9. The van der Waals surface area contributed by atoms with Gasteiger partial charge in [-0.2, -0.15) is 13.9 Å². The average Bonchev–Trinajstić information content (AvgIpc) is 3.22. The Labute approximate surface area is 207 Å². The molecule has 1 heterocycles. The van der Waals surface area contributed by atoms with E-state index in [4.69, 9.17) is 10.1 Å². The zero-order chi connectivity index (χ0) is 24.8. The van der Waals surface area contributed by atoms with Crippen LogP contribution < -0.4 is 9.54 Å². The first-order valence-corrected chi connectivity index (χ1v) is 12.2. The standard InChI is InChI=1S/C28H27F2N3OS/c1-19-9-14-24(17-20(19)2)31-28-33(32-21(3)10-11-22-7-5-4-6-8-22)26(18-35-28)23-12-15-25(16-13-23)34-27(29)30/h4-9,12-18,27H,10-11H2,1-3H3/b31-28?,32-21+. The van der Waals surface area contributed by atoms with Crippen LogP contribution in [-0.4, -0.2) is 17.0 Å². The van der Waals surface area contributed by atoms with E-state index in [9.17, 15) is 8.78 Å². The summed E-state index contributed by atoms with van der Waals surface area (Å²) in [5.74, 6) is 0.119. The number of aromatic nitrogens is 1. The maximum atomic E-state index is 12.6. The molecule has 0 atom stereocenters. The summed E-state index contributed by atoms with van der Waals surface area (Å²) in [6, 6.07) is 23.0. The number of ether oxygens (including phenoxy) is 1. The van der Waals surface area contributed by atoms with Gasteiger partial charge in [0.05, 0.1) is 11.4 Å². The van der Waals surface area contributed by atoms with Gasteiger partial charge in [0.1, 0.15) is 5.75 Å². The van der Waals surface area contributed by atoms with Crippen LogP contribution in [0.15, 0.2) is 88.3 Å². The molecule has 0 unspecified atom stereocenters. The third-order valence-electron chi connectivity index (χ3n) is 5.66. The van der Waals surface area contributed by atoms with Crippen molar-refractivity contribution in [2.75, 3.05) is 0 Å². The molecule has 4 nitrogen and oxygen atoms in total. The number of alkyl halides is 2. The Morgan fingerprint density at radius 3 is 2.40 bits per heavy atom. The molecule has 0 aliphatic carbocycles. The fourth-order valence-corrected chi connectivity index (χ4v) is 4.43. The maximum Gasteiger partial charge on any atom is 0.387 e. The Balaban J connectivity index is 1.72. The molecule has 0 saturated heterocycles. The van der Waals surface area contributed by atoms with Crippen LogP contribution in [0.1, 0.15) is 30.0 Å². The van der Waals surface area contributed by atoms with Crippen molar-refractivity contribution in [2.24, 2.45) is 10.1 Å². The van der Waals surface area contributed by atoms with Gasteiger partial charge in [0.2, 0.25) is 4.80 Å². The van der Waals surface area contributed by atoms with Crippen molar-refractivity contribution in [3.63, 3.8) is 0 Å². The van der Waals surface area contributed by atoms with Gasteiger partial charge in [0.15, 0.2) is 0 Å². The van der Waals surface area contributed by atoms with E-state index in [0.717, 1.165) is 40.3 Å². The first-order chi connectivity index (χ1) is 16.9. The molecule has 3 aromatic carbocycles. The fraction of sp³-hybridized carbons (Fsp3) is 0.214. The largest absolute Gasteiger partial charge is 0.435 e. The number of nitrogens with zero attached hydrogens (tertiary/aromatic N) is 3. The van der Waals surface area contributed by atoms with Gasteiger partial charge in [0.25, 0.3) is 0 Å². The molecule has 0 fully saturated rings. The van der Waals surface area contributed by atoms with Crippen molar-refractivity contribution in [3.05, 3.63) is 99.7 Å². The summed E-state index contributed by atoms with van der Waals surface area (Å²) in [5, 5.41) is 6.90. The van der Waals surface area contributed by atoms with Crippen LogP contribution in [0.5, 0.6) is 5.75 Å². The highest BCUT2D eigenvalue weighted by Crippen LogP contribution is 2.25. The zero-order valence-corrected chi connectivity index (χ0v) is 20.7. The molecule has 0 spiro atoms. The number of halogens is 2. The molecule has 0 saturated carbocycles. The number of thiazole rings is 1. The molecule has 0 aliphatic heterocycles. The number of benzene rings is 3. The Bertz CT molecular complexity index is 1370. The molecule has 35 heavy (non-hydrogen) atoms. The first-order valence-electron chi connectivity index (χ1n) is 11.3. The summed E-state index contributed by atoms with van der Waals surface area (Å²) in [5.41, 5.74) is 7.13. The Hall–Kier alpha value is -3.58. The Kier molecular flexibility index (Phi) is 7.87. The van der Waals surface area contributed by atoms with Crippen molar-refractivity contribution in [2.45, 2.75) is 40.2 Å². The minimum atomic E-state index is -2.85. The van der Waals surface area contributed by atoms with Crippen molar-refractivity contribution in [3.8, 4) is 17.0 Å². The highest BCUT2D eigenvalue weighted by molar-refractivity contribution is 7.07. The van der Waals surface area contributed by atoms with Crippen LogP contribution in [0, 0.1) is 13.8 Å². The molecule has 180 valence electrons. The van der Waals surface area contributed by atoms with E-state index in [1.54, 1.807) is 12.1 Å². The lowest BCUT2D eigenvalue weighted by molar-refractivity contribution is -0.0498. The summed E-state index contributed by atoms with van der Waals surface area (Å²) >= 11 is 1.49. The quantitative estimate of drug-likeness (QED) is 0.235. The van der Waals surface area contributed by atoms with Gasteiger partial charge >= 0.3 is 6.61 Å². The normalized spacial score (nSPS) is 12.4. The maximum absolute atomic E-state index is 12.6. The van der Waals surface area contributed by atoms with Crippen LogP contribution in [0.3, 0.4) is 0 Å². The average molecular weight is 492 g/mol. The number of aryl methyl sites for hydroxylation is 3. The second kappa shape index (κ2) is 11.2. The van der Waals surface area contributed by atoms with E-state index in [2.05, 4.69) is 42.8 Å². The van der Waals surface area contributed by atoms with Crippen LogP contribution in [-0.2, 0) is 6.42 Å². The van der Waals surface area contributed by atoms with E-state index < -0.39 is 6.61 Å². The summed E-state index contributed by atoms with van der Waals surface area (Å²) in [6.07, 6.45) is 1.69. The lowest BCUT2D eigenvalue weighted by Crippen LogP contribution is -2.13. The summed E-state index contributed by atoms with van der Waals surface area (Å²) < 4.78 is 31.4. The van der Waals surface area contributed by atoms with Crippen molar-refractivity contribution < 1.29 is 13.5 Å². The van der Waals surface area contributed by atoms with Gasteiger partial charge in [-0.3, -0.25) is 0 Å². The Morgan fingerprint density at radius 1 is 0.971 bits per heavy atom. The first kappa shape index (κ1) is 24.5. The second-order valence-electron chi connectivity index (χ2n) is 8.32. The summed E-state index contributed by atoms with van der Waals surface area (Å²) in [7, 11) is 0. The van der Waals surface area contributed by atoms with Crippen molar-refractivity contribution in [1.29, 1.82) is 0 Å². The van der Waals surface area contributed by atoms with Crippen LogP contribution in [0.4, 0.5) is 14.5 Å². The molecule has 0 aliphatic rings. The molecule has 4 aromatic rings. The predicted molar refractivity (Wildman–Crippen MR) is 139 cm³/mol. The van der Waals surface area contributed by atoms with E-state index >= 15 is 0 Å². The van der Waals surface area contributed by atoms with Crippen LogP contribution in [0.2, 0.25) is 0 Å². The van der Waals surface area contributed by atoms with Gasteiger partial charge < -0.3 is 4.74 Å². The summed E-state index contributed by atoms with van der Waals surface area (Å²) in [4.78, 5) is 5.60. The van der Waals surface area contributed by atoms with E-state index in [1.807, 2.05) is 41.2 Å². The molecule has 0 bridgehead atoms. The number of rotatable bonds is 8. The van der Waals surface area contributed by atoms with Gasteiger partial charge in [-0.25, -0.2) is 9.67 Å². The lowest BCUT2D eigenvalue weighted by Gasteiger charge is -2.08. The topological polar surface area (TPSA) is 38.9 Å². The van der Waals surface area contributed by atoms with Crippen molar-refractivity contribution in [1.82, 2.24) is 4.68 Å². The molecule has 0 amide bonds. The SMILES string of the molecule is C/C(CCc1ccccc1)=N\n1c(-c2ccc(OC(F)F)cc2)csc1=Nc1ccc(C)c(C)c1. The molecule has 0 N–H and O–H groups in total. The van der Waals surface area contributed by atoms with E-state index in [0.29, 0.717) is 0 Å². The molecule has 0 radical (unpaired) electrons. The lowest BCUT2D eigenvalue weighted by atomic mass is 10.1. The van der Waals surface area contributed by atoms with E-state index in [1.165, 1.54) is 40.2 Å². The molecule has 1 aromatic heterocycles. The van der Waals surface area contributed by atoms with E-state index in [-0.39, 0.29) is 5.75 Å². The molecule has 7 heteroatoms. The Morgan fingerprint density at radius 2 is 1.71 bits per heavy atom. The summed E-state index contributed by atoms with van der Waals surface area (Å²) in [6.45, 7) is 3.30. The number of hydrogen-bond donors (Lipinski definition) is 0. The monoisotopic (exact) mass is 491 g/mol. The molecular formula is C28H27F2N3OS. The molecular weight excluding hydrogens is 464 g/mol. The van der Waals surface area contributed by atoms with Crippen LogP contribution in [0.25, 0.3) is 11.3 Å². The third-order valence-corrected chi connectivity index (χ3v) is 6.48. The highest BCUT2D eigenvalue weighted by atomic mass is 32.1. The minimum Gasteiger partial charge on any atom is -0.435 e. The molecule has 4 rings (SSSR count).